The zero-order chi connectivity index (χ0) is 21.2. The first kappa shape index (κ1) is 21.0. The Hall–Kier alpha value is -3.71. The van der Waals surface area contributed by atoms with Gasteiger partial charge in [-0.2, -0.15) is 0 Å². The number of carbonyl (C=O) groups is 2. The maximum Gasteiger partial charge on any atom is 0.269 e. The molecule has 6 nitrogen and oxygen atoms in total. The van der Waals surface area contributed by atoms with Crippen LogP contribution in [0.5, 0.6) is 5.75 Å². The van der Waals surface area contributed by atoms with Crippen LogP contribution in [0.25, 0.3) is 0 Å². The van der Waals surface area contributed by atoms with Gasteiger partial charge in [0.15, 0.2) is 5.11 Å². The fraction of sp³-hybridized carbons (Fsp3) is 0.0870. The molecule has 3 N–H and O–H groups in total. The van der Waals surface area contributed by atoms with Gasteiger partial charge in [0.25, 0.3) is 11.8 Å². The van der Waals surface area contributed by atoms with Crippen molar-refractivity contribution in [2.45, 2.75) is 6.42 Å². The number of amides is 2. The van der Waals surface area contributed by atoms with Gasteiger partial charge in [-0.15, -0.1) is 0 Å². The second-order valence-corrected chi connectivity index (χ2v) is 6.75. The van der Waals surface area contributed by atoms with E-state index in [2.05, 4.69) is 28.3 Å². The van der Waals surface area contributed by atoms with Crippen LogP contribution in [0.4, 0.5) is 0 Å². The molecule has 0 heterocycles. The molecule has 0 saturated heterocycles. The van der Waals surface area contributed by atoms with Gasteiger partial charge in [-0.3, -0.25) is 25.8 Å². The summed E-state index contributed by atoms with van der Waals surface area (Å²) in [6.45, 7) is 0.546. The average molecular weight is 420 g/mol. The molecule has 0 aromatic heterocycles. The predicted octanol–water partition coefficient (Wildman–Crippen LogP) is 3.26. The third kappa shape index (κ3) is 6.42. The summed E-state index contributed by atoms with van der Waals surface area (Å²) in [6.07, 6.45) is 0.803. The Labute approximate surface area is 180 Å². The summed E-state index contributed by atoms with van der Waals surface area (Å²) >= 11 is 5.05. The molecule has 0 fully saturated rings. The largest absolute Gasteiger partial charge is 0.493 e. The van der Waals surface area contributed by atoms with Crippen molar-refractivity contribution in [3.8, 4) is 5.75 Å². The average Bonchev–Trinajstić information content (AvgIpc) is 2.79. The lowest BCUT2D eigenvalue weighted by molar-refractivity contribution is 0.0934. The molecule has 0 aliphatic carbocycles. The first-order valence-electron chi connectivity index (χ1n) is 9.35. The van der Waals surface area contributed by atoms with Gasteiger partial charge in [0.05, 0.1) is 6.61 Å². The lowest BCUT2D eigenvalue weighted by atomic mass is 10.2. The molecule has 0 bridgehead atoms. The molecule has 0 aliphatic heterocycles. The van der Waals surface area contributed by atoms with Crippen LogP contribution in [0.2, 0.25) is 0 Å². The standard InChI is InChI=1S/C23H21N3O3S/c27-21(24-23(30)26-25-22(28)18-9-5-2-6-10-18)19-11-13-20(14-12-19)29-16-15-17-7-3-1-4-8-17/h1-14H,15-16H2,(H,25,28)(H2,24,26,27,30). The minimum atomic E-state index is -0.391. The second kappa shape index (κ2) is 10.7. The molecule has 0 unspecified atom stereocenters. The molecule has 3 aromatic carbocycles. The molecule has 0 spiro atoms. The van der Waals surface area contributed by atoms with E-state index in [4.69, 9.17) is 17.0 Å². The molecule has 0 aliphatic rings. The van der Waals surface area contributed by atoms with Crippen molar-refractivity contribution in [1.29, 1.82) is 0 Å². The summed E-state index contributed by atoms with van der Waals surface area (Å²) in [5.41, 5.74) is 7.05. The highest BCUT2D eigenvalue weighted by Gasteiger charge is 2.09. The van der Waals surface area contributed by atoms with E-state index in [-0.39, 0.29) is 11.0 Å². The van der Waals surface area contributed by atoms with E-state index in [0.29, 0.717) is 23.5 Å². The number of nitrogens with one attached hydrogen (secondary N) is 3. The number of hydrogen-bond acceptors (Lipinski definition) is 4. The number of rotatable bonds is 6. The van der Waals surface area contributed by atoms with Crippen LogP contribution in [0.15, 0.2) is 84.9 Å². The van der Waals surface area contributed by atoms with Crippen molar-refractivity contribution < 1.29 is 14.3 Å². The fourth-order valence-electron chi connectivity index (χ4n) is 2.62. The van der Waals surface area contributed by atoms with E-state index in [1.807, 2.05) is 24.3 Å². The Morgan fingerprint density at radius 3 is 2.00 bits per heavy atom. The molecule has 30 heavy (non-hydrogen) atoms. The van der Waals surface area contributed by atoms with Crippen LogP contribution in [0.1, 0.15) is 26.3 Å². The highest BCUT2D eigenvalue weighted by atomic mass is 32.1. The molecule has 3 aromatic rings. The zero-order valence-electron chi connectivity index (χ0n) is 16.1. The highest BCUT2D eigenvalue weighted by molar-refractivity contribution is 7.80. The molecule has 0 atom stereocenters. The van der Waals surface area contributed by atoms with Crippen LogP contribution in [-0.2, 0) is 6.42 Å². The quantitative estimate of drug-likeness (QED) is 0.422. The van der Waals surface area contributed by atoms with Crippen LogP contribution in [-0.4, -0.2) is 23.5 Å². The molecular formula is C23H21N3O3S. The molecule has 2 amide bonds. The van der Waals surface area contributed by atoms with Crippen molar-refractivity contribution in [1.82, 2.24) is 16.2 Å². The van der Waals surface area contributed by atoms with Crippen LogP contribution < -0.4 is 20.9 Å². The fourth-order valence-corrected chi connectivity index (χ4v) is 2.76. The predicted molar refractivity (Wildman–Crippen MR) is 119 cm³/mol. The zero-order valence-corrected chi connectivity index (χ0v) is 16.9. The van der Waals surface area contributed by atoms with Gasteiger partial charge in [-0.25, -0.2) is 0 Å². The molecule has 7 heteroatoms. The Morgan fingerprint density at radius 1 is 0.733 bits per heavy atom. The summed E-state index contributed by atoms with van der Waals surface area (Å²) in [4.78, 5) is 24.2. The van der Waals surface area contributed by atoms with Gasteiger partial charge in [0.2, 0.25) is 0 Å². The van der Waals surface area contributed by atoms with Crippen molar-refractivity contribution in [2.24, 2.45) is 0 Å². The molecule has 0 saturated carbocycles. The van der Waals surface area contributed by atoms with E-state index < -0.39 is 5.91 Å². The lowest BCUT2D eigenvalue weighted by Gasteiger charge is -2.11. The van der Waals surface area contributed by atoms with Gasteiger partial charge >= 0.3 is 0 Å². The highest BCUT2D eigenvalue weighted by Crippen LogP contribution is 2.13. The Balaban J connectivity index is 1.42. The first-order chi connectivity index (χ1) is 14.6. The van der Waals surface area contributed by atoms with E-state index in [1.165, 1.54) is 5.56 Å². The Morgan fingerprint density at radius 2 is 1.33 bits per heavy atom. The summed E-state index contributed by atoms with van der Waals surface area (Å²) in [7, 11) is 0. The van der Waals surface area contributed by atoms with Crippen molar-refractivity contribution in [2.75, 3.05) is 6.61 Å². The SMILES string of the molecule is O=C(NNC(=S)NC(=O)c1ccc(OCCc2ccccc2)cc1)c1ccccc1. The second-order valence-electron chi connectivity index (χ2n) is 6.34. The number of hydrazine groups is 1. The monoisotopic (exact) mass is 419 g/mol. The topological polar surface area (TPSA) is 79.5 Å². The van der Waals surface area contributed by atoms with E-state index in [0.717, 1.165) is 6.42 Å². The maximum atomic E-state index is 12.3. The van der Waals surface area contributed by atoms with Gasteiger partial charge in [-0.1, -0.05) is 48.5 Å². The molecule has 0 radical (unpaired) electrons. The third-order valence-corrected chi connectivity index (χ3v) is 4.38. The van der Waals surface area contributed by atoms with Gasteiger partial charge in [0.1, 0.15) is 5.75 Å². The van der Waals surface area contributed by atoms with Crippen LogP contribution in [0.3, 0.4) is 0 Å². The lowest BCUT2D eigenvalue weighted by Crippen LogP contribution is -2.48. The number of carbonyl (C=O) groups excluding carboxylic acids is 2. The number of benzene rings is 3. The smallest absolute Gasteiger partial charge is 0.269 e. The first-order valence-corrected chi connectivity index (χ1v) is 9.76. The van der Waals surface area contributed by atoms with Crippen LogP contribution >= 0.6 is 12.2 Å². The molecule has 152 valence electrons. The third-order valence-electron chi connectivity index (χ3n) is 4.17. The minimum absolute atomic E-state index is 0.00697. The summed E-state index contributed by atoms with van der Waals surface area (Å²) in [5.74, 6) is -0.0696. The summed E-state index contributed by atoms with van der Waals surface area (Å²) in [6, 6.07) is 25.5. The Bertz CT molecular complexity index is 993. The van der Waals surface area contributed by atoms with Crippen molar-refractivity contribution in [3.63, 3.8) is 0 Å². The van der Waals surface area contributed by atoms with Crippen molar-refractivity contribution in [3.05, 3.63) is 102 Å². The van der Waals surface area contributed by atoms with E-state index in [1.54, 1.807) is 48.5 Å². The number of thiocarbonyl (C=S) groups is 1. The maximum absolute atomic E-state index is 12.3. The van der Waals surface area contributed by atoms with Gasteiger partial charge in [0, 0.05) is 17.5 Å². The van der Waals surface area contributed by atoms with Gasteiger partial charge < -0.3 is 4.74 Å². The minimum Gasteiger partial charge on any atom is -0.493 e. The number of ether oxygens (including phenoxy) is 1. The number of hydrogen-bond donors (Lipinski definition) is 3. The molecule has 3 rings (SSSR count). The summed E-state index contributed by atoms with van der Waals surface area (Å²) < 4.78 is 5.72. The summed E-state index contributed by atoms with van der Waals surface area (Å²) in [5, 5.41) is 2.51. The Kier molecular flexibility index (Phi) is 7.51. The normalized spacial score (nSPS) is 10.0. The van der Waals surface area contributed by atoms with E-state index in [9.17, 15) is 9.59 Å². The molecular weight excluding hydrogens is 398 g/mol. The van der Waals surface area contributed by atoms with Crippen molar-refractivity contribution >= 4 is 29.1 Å². The van der Waals surface area contributed by atoms with Crippen LogP contribution in [0, 0.1) is 0 Å². The van der Waals surface area contributed by atoms with E-state index >= 15 is 0 Å². The van der Waals surface area contributed by atoms with Gasteiger partial charge in [-0.05, 0) is 54.2 Å².